The second kappa shape index (κ2) is 12.6. The SMILES string of the molecule is Cc1ccc(-c2c(C)noc2C)cc1N(CCOC1(C)CN(c2ccc3c(c2)C(=O)N(C2CCONO2)C3=O)C1)c1ccc(C2(C#N)CC2)cc1. The number of fused-ring (bicyclic) bond motifs is 1. The Morgan fingerprint density at radius 2 is 1.78 bits per heavy atom. The maximum absolute atomic E-state index is 13.3. The van der Waals surface area contributed by atoms with E-state index >= 15 is 0 Å². The van der Waals surface area contributed by atoms with Crippen molar-refractivity contribution in [2.75, 3.05) is 42.6 Å². The molecule has 1 aliphatic carbocycles. The van der Waals surface area contributed by atoms with Crippen LogP contribution in [-0.4, -0.2) is 66.5 Å². The quantitative estimate of drug-likeness (QED) is 0.196. The fourth-order valence-electron chi connectivity index (χ4n) is 7.55. The van der Waals surface area contributed by atoms with Crippen LogP contribution < -0.4 is 15.4 Å². The van der Waals surface area contributed by atoms with E-state index in [4.69, 9.17) is 18.9 Å². The third-order valence-corrected chi connectivity index (χ3v) is 10.6. The van der Waals surface area contributed by atoms with Crippen LogP contribution in [0.3, 0.4) is 0 Å². The first kappa shape index (κ1) is 33.1. The maximum atomic E-state index is 13.3. The molecule has 51 heavy (non-hydrogen) atoms. The van der Waals surface area contributed by atoms with Gasteiger partial charge in [-0.1, -0.05) is 35.1 Å². The van der Waals surface area contributed by atoms with Gasteiger partial charge in [-0.2, -0.15) is 5.26 Å². The highest BCUT2D eigenvalue weighted by Crippen LogP contribution is 2.48. The highest BCUT2D eigenvalue weighted by Gasteiger charge is 2.45. The van der Waals surface area contributed by atoms with Gasteiger partial charge in [0, 0.05) is 48.7 Å². The molecule has 2 amide bonds. The van der Waals surface area contributed by atoms with E-state index in [1.165, 1.54) is 0 Å². The Bertz CT molecular complexity index is 2030. The molecule has 8 rings (SSSR count). The van der Waals surface area contributed by atoms with Crippen molar-refractivity contribution in [1.29, 1.82) is 5.26 Å². The summed E-state index contributed by atoms with van der Waals surface area (Å²) >= 11 is 0. The molecule has 3 aliphatic heterocycles. The first-order valence-electron chi connectivity index (χ1n) is 17.4. The van der Waals surface area contributed by atoms with Gasteiger partial charge in [-0.15, -0.1) is 0 Å². The zero-order chi connectivity index (χ0) is 35.5. The number of hydrogen-bond acceptors (Lipinski definition) is 11. The molecule has 3 aromatic carbocycles. The van der Waals surface area contributed by atoms with Gasteiger partial charge in [0.15, 0.2) is 6.23 Å². The minimum absolute atomic E-state index is 0.330. The number of aromatic nitrogens is 1. The molecule has 0 spiro atoms. The average Bonchev–Trinajstić information content (AvgIpc) is 3.81. The van der Waals surface area contributed by atoms with Gasteiger partial charge in [0.1, 0.15) is 11.4 Å². The van der Waals surface area contributed by atoms with E-state index in [1.807, 2.05) is 19.9 Å². The molecular formula is C39H40N6O6. The molecule has 0 radical (unpaired) electrons. The zero-order valence-corrected chi connectivity index (χ0v) is 29.2. The fourth-order valence-corrected chi connectivity index (χ4v) is 7.55. The summed E-state index contributed by atoms with van der Waals surface area (Å²) in [5.74, 6) is 0.0419. The summed E-state index contributed by atoms with van der Waals surface area (Å²) in [5, 5.41) is 13.9. The number of anilines is 3. The van der Waals surface area contributed by atoms with E-state index in [0.717, 1.165) is 68.5 Å². The van der Waals surface area contributed by atoms with Crippen molar-refractivity contribution in [2.24, 2.45) is 0 Å². The van der Waals surface area contributed by atoms with Crippen molar-refractivity contribution in [3.05, 3.63) is 94.4 Å². The summed E-state index contributed by atoms with van der Waals surface area (Å²) < 4.78 is 12.1. The normalized spacial score (nSPS) is 20.2. The van der Waals surface area contributed by atoms with Gasteiger partial charge < -0.3 is 19.1 Å². The lowest BCUT2D eigenvalue weighted by atomic mass is 9.94. The maximum Gasteiger partial charge on any atom is 0.263 e. The van der Waals surface area contributed by atoms with Gasteiger partial charge >= 0.3 is 0 Å². The zero-order valence-electron chi connectivity index (χ0n) is 29.2. The minimum Gasteiger partial charge on any atom is -0.370 e. The number of benzene rings is 3. The Labute approximate surface area is 296 Å². The summed E-state index contributed by atoms with van der Waals surface area (Å²) in [6.07, 6.45) is 1.47. The third kappa shape index (κ3) is 5.86. The standard InChI is InChI=1S/C39H40N6O6/c1-24-5-6-27(35-25(2)41-50-26(35)3)19-33(24)44(29-9-7-28(8-10-29)39(21-40)14-15-39)16-18-48-38(4)22-43(23-38)30-11-12-31-32(20-30)37(47)45(36(31)46)34-13-17-49-42-51-34/h5-12,19-20,34,42H,13-18,22-23H2,1-4H3. The number of ether oxygens (including phenoxy) is 1. The molecule has 1 saturated carbocycles. The molecule has 262 valence electrons. The number of aryl methyl sites for hydroxylation is 3. The number of nitriles is 1. The number of carbonyl (C=O) groups excluding carboxylic acids is 2. The van der Waals surface area contributed by atoms with E-state index < -0.39 is 11.8 Å². The summed E-state index contributed by atoms with van der Waals surface area (Å²) in [4.78, 5) is 42.2. The molecule has 1 N–H and O–H groups in total. The third-order valence-electron chi connectivity index (χ3n) is 10.6. The number of amides is 2. The lowest BCUT2D eigenvalue weighted by Crippen LogP contribution is -2.62. The van der Waals surface area contributed by atoms with Gasteiger partial charge in [0.2, 0.25) is 0 Å². The lowest BCUT2D eigenvalue weighted by molar-refractivity contribution is -0.259. The van der Waals surface area contributed by atoms with E-state index in [2.05, 4.69) is 83.0 Å². The van der Waals surface area contributed by atoms with Gasteiger partial charge in [0.25, 0.3) is 11.8 Å². The van der Waals surface area contributed by atoms with E-state index in [1.54, 1.807) is 12.1 Å². The summed E-state index contributed by atoms with van der Waals surface area (Å²) in [6, 6.07) is 22.7. The van der Waals surface area contributed by atoms with Crippen LogP contribution in [0.25, 0.3) is 11.1 Å². The average molecular weight is 689 g/mol. The molecule has 1 aromatic heterocycles. The molecule has 2 saturated heterocycles. The van der Waals surface area contributed by atoms with Gasteiger partial charge in [0.05, 0.1) is 41.5 Å². The van der Waals surface area contributed by atoms with Gasteiger partial charge in [-0.25, -0.2) is 4.90 Å². The number of carbonyl (C=O) groups is 2. The summed E-state index contributed by atoms with van der Waals surface area (Å²) in [5.41, 5.74) is 10.3. The Kier molecular flexibility index (Phi) is 8.19. The van der Waals surface area contributed by atoms with Crippen molar-refractivity contribution >= 4 is 28.9 Å². The Hall–Kier alpha value is -5.06. The van der Waals surface area contributed by atoms with Crippen molar-refractivity contribution in [3.8, 4) is 17.2 Å². The van der Waals surface area contributed by atoms with Gasteiger partial charge in [-0.05, 0) is 93.6 Å². The van der Waals surface area contributed by atoms with Crippen LogP contribution in [0.5, 0.6) is 0 Å². The van der Waals surface area contributed by atoms with Gasteiger partial charge in [-0.3, -0.25) is 19.3 Å². The predicted molar refractivity (Wildman–Crippen MR) is 188 cm³/mol. The van der Waals surface area contributed by atoms with Crippen LogP contribution >= 0.6 is 0 Å². The molecule has 12 nitrogen and oxygen atoms in total. The summed E-state index contributed by atoms with van der Waals surface area (Å²) in [6.45, 7) is 10.8. The molecule has 1 atom stereocenters. The van der Waals surface area contributed by atoms with Crippen LogP contribution in [-0.2, 0) is 19.8 Å². The number of rotatable bonds is 10. The van der Waals surface area contributed by atoms with E-state index in [9.17, 15) is 14.9 Å². The Morgan fingerprint density at radius 1 is 1.02 bits per heavy atom. The molecule has 3 fully saturated rings. The summed E-state index contributed by atoms with van der Waals surface area (Å²) in [7, 11) is 0. The van der Waals surface area contributed by atoms with Crippen LogP contribution in [0.1, 0.15) is 69.5 Å². The fraction of sp³-hybridized carbons (Fsp3) is 0.385. The van der Waals surface area contributed by atoms with E-state index in [-0.39, 0.29) is 17.2 Å². The number of nitrogens with one attached hydrogen (secondary N) is 1. The monoisotopic (exact) mass is 688 g/mol. The van der Waals surface area contributed by atoms with Crippen LogP contribution in [0.4, 0.5) is 17.1 Å². The smallest absolute Gasteiger partial charge is 0.263 e. The van der Waals surface area contributed by atoms with Crippen molar-refractivity contribution < 1.29 is 28.5 Å². The molecule has 1 unspecified atom stereocenters. The highest BCUT2D eigenvalue weighted by atomic mass is 16.9. The van der Waals surface area contributed by atoms with Crippen molar-refractivity contribution in [3.63, 3.8) is 0 Å². The first-order chi connectivity index (χ1) is 24.6. The molecule has 0 bridgehead atoms. The van der Waals surface area contributed by atoms with Crippen LogP contribution in [0.2, 0.25) is 0 Å². The van der Waals surface area contributed by atoms with E-state index in [0.29, 0.717) is 50.4 Å². The topological polar surface area (TPSA) is 133 Å². The minimum atomic E-state index is -0.720. The molecule has 4 aliphatic rings. The lowest BCUT2D eigenvalue weighted by Gasteiger charge is -2.49. The number of imide groups is 1. The second-order valence-electron chi connectivity index (χ2n) is 14.3. The number of hydrogen-bond donors (Lipinski definition) is 1. The molecule has 4 aromatic rings. The second-order valence-corrected chi connectivity index (χ2v) is 14.3. The number of nitrogens with zero attached hydrogens (tertiary/aromatic N) is 5. The highest BCUT2D eigenvalue weighted by molar-refractivity contribution is 6.21. The largest absolute Gasteiger partial charge is 0.370 e. The van der Waals surface area contributed by atoms with Crippen molar-refractivity contribution in [2.45, 2.75) is 64.2 Å². The van der Waals surface area contributed by atoms with Crippen molar-refractivity contribution in [1.82, 2.24) is 15.7 Å². The Balaban J connectivity index is 0.980. The predicted octanol–water partition coefficient (Wildman–Crippen LogP) is 6.03. The molecule has 4 heterocycles. The van der Waals surface area contributed by atoms with Crippen LogP contribution in [0.15, 0.2) is 65.2 Å². The molecular weight excluding hydrogens is 648 g/mol. The molecule has 12 heteroatoms. The first-order valence-corrected chi connectivity index (χ1v) is 17.4. The Morgan fingerprint density at radius 3 is 2.45 bits per heavy atom. The van der Waals surface area contributed by atoms with Crippen LogP contribution in [0, 0.1) is 32.1 Å².